The number of nitrogen functional groups attached to an aromatic ring is 1. The lowest BCUT2D eigenvalue weighted by atomic mass is 9.98. The Bertz CT molecular complexity index is 377. The lowest BCUT2D eigenvalue weighted by Gasteiger charge is -2.16. The van der Waals surface area contributed by atoms with Crippen LogP contribution in [0.5, 0.6) is 0 Å². The summed E-state index contributed by atoms with van der Waals surface area (Å²) in [5.41, 5.74) is 6.97. The normalized spacial score (nSPS) is 12.2. The summed E-state index contributed by atoms with van der Waals surface area (Å²) in [6.07, 6.45) is 0. The third-order valence-corrected chi connectivity index (χ3v) is 2.87. The Kier molecular flexibility index (Phi) is 4.82. The van der Waals surface area contributed by atoms with E-state index < -0.39 is 0 Å². The molecule has 1 aromatic carbocycles. The first-order valence-electron chi connectivity index (χ1n) is 5.89. The molecule has 0 aliphatic heterocycles. The summed E-state index contributed by atoms with van der Waals surface area (Å²) < 4.78 is 0. The molecule has 0 heterocycles. The number of benzene rings is 1. The van der Waals surface area contributed by atoms with Crippen LogP contribution in [0.4, 0.5) is 16.2 Å². The molecular formula is C13H21N3O. The molecule has 1 atom stereocenters. The molecule has 4 heteroatoms. The molecule has 0 aliphatic rings. The Morgan fingerprint density at radius 2 is 2.06 bits per heavy atom. The summed E-state index contributed by atoms with van der Waals surface area (Å²) in [4.78, 5) is 11.6. The van der Waals surface area contributed by atoms with Crippen molar-refractivity contribution in [2.75, 3.05) is 17.6 Å². The van der Waals surface area contributed by atoms with Crippen LogP contribution >= 0.6 is 0 Å². The molecule has 94 valence electrons. The smallest absolute Gasteiger partial charge is 0.319 e. The maximum atomic E-state index is 11.6. The van der Waals surface area contributed by atoms with Crippen LogP contribution in [0.15, 0.2) is 24.3 Å². The highest BCUT2D eigenvalue weighted by atomic mass is 16.2. The van der Waals surface area contributed by atoms with E-state index in [1.165, 1.54) is 0 Å². The molecule has 0 saturated carbocycles. The first kappa shape index (κ1) is 13.4. The number of carbonyl (C=O) groups excluding carboxylic acids is 1. The number of anilines is 2. The number of urea groups is 1. The monoisotopic (exact) mass is 235 g/mol. The summed E-state index contributed by atoms with van der Waals surface area (Å²) >= 11 is 0. The predicted octanol–water partition coefficient (Wildman–Crippen LogP) is 2.68. The van der Waals surface area contributed by atoms with Crippen LogP contribution in [0, 0.1) is 11.8 Å². The second-order valence-corrected chi connectivity index (χ2v) is 4.68. The number of hydrogen-bond acceptors (Lipinski definition) is 2. The van der Waals surface area contributed by atoms with Gasteiger partial charge in [0.2, 0.25) is 0 Å². The van der Waals surface area contributed by atoms with E-state index in [9.17, 15) is 4.79 Å². The van der Waals surface area contributed by atoms with Crippen LogP contribution in [-0.2, 0) is 0 Å². The predicted molar refractivity (Wildman–Crippen MR) is 71.9 cm³/mol. The highest BCUT2D eigenvalue weighted by molar-refractivity contribution is 5.89. The van der Waals surface area contributed by atoms with Crippen molar-refractivity contribution in [2.24, 2.45) is 11.8 Å². The van der Waals surface area contributed by atoms with Crippen molar-refractivity contribution >= 4 is 17.4 Å². The van der Waals surface area contributed by atoms with Crippen LogP contribution in [0.25, 0.3) is 0 Å². The van der Waals surface area contributed by atoms with E-state index in [-0.39, 0.29) is 6.03 Å². The summed E-state index contributed by atoms with van der Waals surface area (Å²) in [7, 11) is 0. The SMILES string of the molecule is CC(C)C(C)CNC(=O)Nc1cccc(N)c1. The molecule has 0 radical (unpaired) electrons. The number of rotatable bonds is 4. The second-order valence-electron chi connectivity index (χ2n) is 4.68. The fraction of sp³-hybridized carbons (Fsp3) is 0.462. The molecule has 4 nitrogen and oxygen atoms in total. The fourth-order valence-electron chi connectivity index (χ4n) is 1.28. The third kappa shape index (κ3) is 4.76. The van der Waals surface area contributed by atoms with Gasteiger partial charge in [-0.2, -0.15) is 0 Å². The zero-order valence-electron chi connectivity index (χ0n) is 10.7. The van der Waals surface area contributed by atoms with Gasteiger partial charge >= 0.3 is 6.03 Å². The third-order valence-electron chi connectivity index (χ3n) is 2.87. The topological polar surface area (TPSA) is 67.2 Å². The van der Waals surface area contributed by atoms with Gasteiger partial charge in [0.1, 0.15) is 0 Å². The molecule has 0 bridgehead atoms. The summed E-state index contributed by atoms with van der Waals surface area (Å²) in [6, 6.07) is 6.93. The molecule has 17 heavy (non-hydrogen) atoms. The maximum absolute atomic E-state index is 11.6. The standard InChI is InChI=1S/C13H21N3O/c1-9(2)10(3)8-15-13(17)16-12-6-4-5-11(14)7-12/h4-7,9-10H,8,14H2,1-3H3,(H2,15,16,17). The Hall–Kier alpha value is -1.71. The summed E-state index contributed by atoms with van der Waals surface area (Å²) in [6.45, 7) is 7.07. The Morgan fingerprint density at radius 1 is 1.35 bits per heavy atom. The van der Waals surface area contributed by atoms with Gasteiger partial charge in [-0.05, 0) is 30.0 Å². The quantitative estimate of drug-likeness (QED) is 0.702. The fourth-order valence-corrected chi connectivity index (χ4v) is 1.28. The van der Waals surface area contributed by atoms with E-state index in [2.05, 4.69) is 31.4 Å². The number of nitrogens with one attached hydrogen (secondary N) is 2. The Balaban J connectivity index is 2.40. The molecule has 0 saturated heterocycles. The average molecular weight is 235 g/mol. The molecule has 0 aliphatic carbocycles. The number of amides is 2. The maximum Gasteiger partial charge on any atom is 0.319 e. The van der Waals surface area contributed by atoms with Crippen LogP contribution in [0.2, 0.25) is 0 Å². The van der Waals surface area contributed by atoms with Crippen molar-refractivity contribution in [1.82, 2.24) is 5.32 Å². The van der Waals surface area contributed by atoms with Gasteiger partial charge in [-0.1, -0.05) is 26.8 Å². The number of nitrogens with two attached hydrogens (primary N) is 1. The lowest BCUT2D eigenvalue weighted by molar-refractivity contribution is 0.249. The first-order valence-corrected chi connectivity index (χ1v) is 5.89. The van der Waals surface area contributed by atoms with Crippen LogP contribution in [0.3, 0.4) is 0 Å². The zero-order chi connectivity index (χ0) is 12.8. The molecule has 0 fully saturated rings. The van der Waals surface area contributed by atoms with Crippen molar-refractivity contribution in [3.8, 4) is 0 Å². The molecule has 2 amide bonds. The van der Waals surface area contributed by atoms with Crippen molar-refractivity contribution in [3.05, 3.63) is 24.3 Å². The Labute approximate surface area is 103 Å². The largest absolute Gasteiger partial charge is 0.399 e. The van der Waals surface area contributed by atoms with Crippen LogP contribution < -0.4 is 16.4 Å². The molecule has 1 rings (SSSR count). The van der Waals surface area contributed by atoms with Gasteiger partial charge in [-0.3, -0.25) is 0 Å². The van der Waals surface area contributed by atoms with Crippen molar-refractivity contribution in [1.29, 1.82) is 0 Å². The van der Waals surface area contributed by atoms with Gasteiger partial charge in [0.15, 0.2) is 0 Å². The molecule has 0 aromatic heterocycles. The van der Waals surface area contributed by atoms with E-state index in [0.717, 1.165) is 0 Å². The minimum Gasteiger partial charge on any atom is -0.399 e. The van der Waals surface area contributed by atoms with E-state index in [0.29, 0.717) is 29.8 Å². The van der Waals surface area contributed by atoms with E-state index in [1.807, 2.05) is 12.1 Å². The molecule has 1 unspecified atom stereocenters. The van der Waals surface area contributed by atoms with Gasteiger partial charge in [0, 0.05) is 17.9 Å². The summed E-state index contributed by atoms with van der Waals surface area (Å²) in [5.74, 6) is 1.02. The van der Waals surface area contributed by atoms with Gasteiger partial charge in [-0.25, -0.2) is 4.79 Å². The van der Waals surface area contributed by atoms with Crippen molar-refractivity contribution in [2.45, 2.75) is 20.8 Å². The van der Waals surface area contributed by atoms with E-state index >= 15 is 0 Å². The molecule has 1 aromatic rings. The van der Waals surface area contributed by atoms with Gasteiger partial charge in [0.25, 0.3) is 0 Å². The second kappa shape index (κ2) is 6.13. The minimum atomic E-state index is -0.192. The minimum absolute atomic E-state index is 0.192. The van der Waals surface area contributed by atoms with Crippen molar-refractivity contribution < 1.29 is 4.79 Å². The lowest BCUT2D eigenvalue weighted by Crippen LogP contribution is -2.33. The first-order chi connectivity index (χ1) is 7.99. The zero-order valence-corrected chi connectivity index (χ0v) is 10.7. The van der Waals surface area contributed by atoms with Crippen LogP contribution in [-0.4, -0.2) is 12.6 Å². The van der Waals surface area contributed by atoms with E-state index in [1.54, 1.807) is 12.1 Å². The molecule has 4 N–H and O–H groups in total. The summed E-state index contributed by atoms with van der Waals surface area (Å²) in [5, 5.41) is 5.59. The Morgan fingerprint density at radius 3 is 2.65 bits per heavy atom. The molecular weight excluding hydrogens is 214 g/mol. The molecule has 0 spiro atoms. The van der Waals surface area contributed by atoms with Gasteiger partial charge in [0.05, 0.1) is 0 Å². The van der Waals surface area contributed by atoms with E-state index in [4.69, 9.17) is 5.73 Å². The number of carbonyl (C=O) groups is 1. The number of hydrogen-bond donors (Lipinski definition) is 3. The highest BCUT2D eigenvalue weighted by Gasteiger charge is 2.08. The van der Waals surface area contributed by atoms with Crippen molar-refractivity contribution in [3.63, 3.8) is 0 Å². The van der Waals surface area contributed by atoms with Crippen LogP contribution in [0.1, 0.15) is 20.8 Å². The highest BCUT2D eigenvalue weighted by Crippen LogP contribution is 2.11. The van der Waals surface area contributed by atoms with Gasteiger partial charge in [-0.15, -0.1) is 0 Å². The van der Waals surface area contributed by atoms with Gasteiger partial charge < -0.3 is 16.4 Å². The average Bonchev–Trinajstić information content (AvgIpc) is 2.25.